The molecule has 1 aliphatic heterocycles. The van der Waals surface area contributed by atoms with Crippen molar-refractivity contribution in [1.29, 1.82) is 0 Å². The molecule has 2 aromatic carbocycles. The van der Waals surface area contributed by atoms with E-state index < -0.39 is 0 Å². The molecule has 0 aliphatic carbocycles. The van der Waals surface area contributed by atoms with Gasteiger partial charge in [-0.25, -0.2) is 0 Å². The number of hydrogen-bond donors (Lipinski definition) is 2. The molecule has 1 amide bonds. The summed E-state index contributed by atoms with van der Waals surface area (Å²) in [5.74, 6) is 1.76. The summed E-state index contributed by atoms with van der Waals surface area (Å²) < 4.78 is 5.15. The van der Waals surface area contributed by atoms with Crippen LogP contribution >= 0.6 is 0 Å². The number of nitrogens with zero attached hydrogens (tertiary/aromatic N) is 2. The van der Waals surface area contributed by atoms with Crippen molar-refractivity contribution in [3.05, 3.63) is 66.2 Å². The third-order valence-corrected chi connectivity index (χ3v) is 5.05. The van der Waals surface area contributed by atoms with Gasteiger partial charge in [-0.1, -0.05) is 42.5 Å². The maximum Gasteiger partial charge on any atom is 0.224 e. The topological polar surface area (TPSA) is 70.2 Å². The van der Waals surface area contributed by atoms with Crippen LogP contribution in [-0.4, -0.2) is 42.3 Å². The van der Waals surface area contributed by atoms with E-state index in [1.54, 1.807) is 7.11 Å². The zero-order valence-corrected chi connectivity index (χ0v) is 15.9. The van der Waals surface area contributed by atoms with Gasteiger partial charge in [-0.15, -0.1) is 0 Å². The zero-order chi connectivity index (χ0) is 19.3. The summed E-state index contributed by atoms with van der Waals surface area (Å²) >= 11 is 0. The summed E-state index contributed by atoms with van der Waals surface area (Å²) in [5.41, 5.74) is 3.10. The molecule has 1 fully saturated rings. The Morgan fingerprint density at radius 3 is 2.75 bits per heavy atom. The van der Waals surface area contributed by atoms with Gasteiger partial charge < -0.3 is 15.0 Å². The van der Waals surface area contributed by atoms with Crippen molar-refractivity contribution < 1.29 is 9.53 Å². The highest BCUT2D eigenvalue weighted by molar-refractivity contribution is 5.79. The maximum absolute atomic E-state index is 12.4. The third-order valence-electron chi connectivity index (χ3n) is 5.05. The number of hydrogen-bond acceptors (Lipinski definition) is 4. The van der Waals surface area contributed by atoms with Gasteiger partial charge >= 0.3 is 0 Å². The van der Waals surface area contributed by atoms with Crippen LogP contribution in [0.3, 0.4) is 0 Å². The molecular formula is C22H24N4O2. The Balaban J connectivity index is 1.31. The van der Waals surface area contributed by atoms with Crippen molar-refractivity contribution in [2.24, 2.45) is 0 Å². The first-order valence-electron chi connectivity index (χ1n) is 9.49. The molecule has 0 radical (unpaired) electrons. The molecule has 1 aromatic heterocycles. The number of benzene rings is 2. The number of methoxy groups -OCH3 is 1. The average molecular weight is 376 g/mol. The number of ether oxygens (including phenoxy) is 1. The Bertz CT molecular complexity index is 921. The second-order valence-corrected chi connectivity index (χ2v) is 7.03. The molecule has 0 spiro atoms. The molecule has 0 saturated carbocycles. The summed E-state index contributed by atoms with van der Waals surface area (Å²) in [6.07, 6.45) is 1.29. The number of nitrogens with one attached hydrogen (secondary N) is 2. The molecule has 6 heteroatoms. The van der Waals surface area contributed by atoms with Gasteiger partial charge in [0.2, 0.25) is 5.91 Å². The van der Waals surface area contributed by atoms with Crippen LogP contribution in [0.25, 0.3) is 11.3 Å². The normalized spacial score (nSPS) is 16.2. The lowest BCUT2D eigenvalue weighted by molar-refractivity contribution is -0.121. The number of carbonyl (C=O) groups excluding carboxylic acids is 1. The molecule has 0 bridgehead atoms. The SMILES string of the molecule is COc1ccc(CC(=O)NC2CCN(c3cc(-c4ccccc4)[nH]n3)C2)cc1. The summed E-state index contributed by atoms with van der Waals surface area (Å²) in [7, 11) is 1.63. The first kappa shape index (κ1) is 18.1. The molecule has 1 aliphatic rings. The number of rotatable bonds is 6. The fraction of sp³-hybridized carbons (Fsp3) is 0.273. The van der Waals surface area contributed by atoms with Crippen molar-refractivity contribution in [1.82, 2.24) is 15.5 Å². The Morgan fingerprint density at radius 1 is 1.21 bits per heavy atom. The summed E-state index contributed by atoms with van der Waals surface area (Å²) in [5, 5.41) is 10.7. The van der Waals surface area contributed by atoms with E-state index >= 15 is 0 Å². The van der Waals surface area contributed by atoms with Crippen molar-refractivity contribution >= 4 is 11.7 Å². The number of carbonyl (C=O) groups is 1. The van der Waals surface area contributed by atoms with Gasteiger partial charge in [-0.05, 0) is 29.7 Å². The Morgan fingerprint density at radius 2 is 2.00 bits per heavy atom. The highest BCUT2D eigenvalue weighted by Crippen LogP contribution is 2.24. The van der Waals surface area contributed by atoms with E-state index in [0.29, 0.717) is 6.42 Å². The number of amides is 1. The monoisotopic (exact) mass is 376 g/mol. The minimum absolute atomic E-state index is 0.0454. The van der Waals surface area contributed by atoms with Crippen LogP contribution in [0.1, 0.15) is 12.0 Å². The number of anilines is 1. The fourth-order valence-corrected chi connectivity index (χ4v) is 3.53. The van der Waals surface area contributed by atoms with E-state index in [9.17, 15) is 4.79 Å². The molecule has 6 nitrogen and oxygen atoms in total. The van der Waals surface area contributed by atoms with Crippen LogP contribution in [-0.2, 0) is 11.2 Å². The Hall–Kier alpha value is -3.28. The molecule has 1 unspecified atom stereocenters. The van der Waals surface area contributed by atoms with E-state index in [0.717, 1.165) is 47.9 Å². The second-order valence-electron chi connectivity index (χ2n) is 7.03. The van der Waals surface area contributed by atoms with Crippen LogP contribution in [0.15, 0.2) is 60.7 Å². The van der Waals surface area contributed by atoms with Gasteiger partial charge in [0.15, 0.2) is 5.82 Å². The fourth-order valence-electron chi connectivity index (χ4n) is 3.53. The van der Waals surface area contributed by atoms with Gasteiger partial charge in [-0.2, -0.15) is 5.10 Å². The smallest absolute Gasteiger partial charge is 0.224 e. The maximum atomic E-state index is 12.4. The summed E-state index contributed by atoms with van der Waals surface area (Å²) in [6.45, 7) is 1.65. The zero-order valence-electron chi connectivity index (χ0n) is 15.9. The number of H-pyrrole nitrogens is 1. The molecule has 3 aromatic rings. The predicted molar refractivity (Wildman–Crippen MR) is 109 cm³/mol. The molecular weight excluding hydrogens is 352 g/mol. The van der Waals surface area contributed by atoms with Crippen molar-refractivity contribution in [2.75, 3.05) is 25.1 Å². The number of aromatic nitrogens is 2. The van der Waals surface area contributed by atoms with Crippen LogP contribution < -0.4 is 15.0 Å². The highest BCUT2D eigenvalue weighted by atomic mass is 16.5. The summed E-state index contributed by atoms with van der Waals surface area (Å²) in [4.78, 5) is 14.6. The van der Waals surface area contributed by atoms with Crippen molar-refractivity contribution in [3.8, 4) is 17.0 Å². The van der Waals surface area contributed by atoms with Crippen LogP contribution in [0.4, 0.5) is 5.82 Å². The van der Waals surface area contributed by atoms with Gasteiger partial charge in [0.05, 0.1) is 19.2 Å². The lowest BCUT2D eigenvalue weighted by Crippen LogP contribution is -2.38. The molecule has 4 rings (SSSR count). The van der Waals surface area contributed by atoms with E-state index in [1.165, 1.54) is 0 Å². The minimum Gasteiger partial charge on any atom is -0.497 e. The number of aromatic amines is 1. The lowest BCUT2D eigenvalue weighted by atomic mass is 10.1. The standard InChI is InChI=1S/C22H24N4O2/c1-28-19-9-7-16(8-10-19)13-22(27)23-18-11-12-26(15-18)21-14-20(24-25-21)17-5-3-2-4-6-17/h2-10,14,18H,11-13,15H2,1H3,(H,23,27)(H,24,25). The third kappa shape index (κ3) is 4.17. The lowest BCUT2D eigenvalue weighted by Gasteiger charge is -2.16. The van der Waals surface area contributed by atoms with Crippen LogP contribution in [0.2, 0.25) is 0 Å². The molecule has 144 valence electrons. The van der Waals surface area contributed by atoms with Crippen LogP contribution in [0, 0.1) is 0 Å². The Labute approximate surface area is 164 Å². The second kappa shape index (κ2) is 8.17. The average Bonchev–Trinajstić information content (AvgIpc) is 3.39. The molecule has 2 heterocycles. The van der Waals surface area contributed by atoms with Crippen molar-refractivity contribution in [3.63, 3.8) is 0 Å². The van der Waals surface area contributed by atoms with Gasteiger partial charge in [0.1, 0.15) is 5.75 Å². The van der Waals surface area contributed by atoms with E-state index in [4.69, 9.17) is 4.74 Å². The molecule has 1 saturated heterocycles. The first-order valence-corrected chi connectivity index (χ1v) is 9.49. The van der Waals surface area contributed by atoms with E-state index in [-0.39, 0.29) is 11.9 Å². The first-order chi connectivity index (χ1) is 13.7. The molecule has 2 N–H and O–H groups in total. The molecule has 1 atom stereocenters. The van der Waals surface area contributed by atoms with Crippen LogP contribution in [0.5, 0.6) is 5.75 Å². The van der Waals surface area contributed by atoms with Gasteiger partial charge in [-0.3, -0.25) is 9.89 Å². The summed E-state index contributed by atoms with van der Waals surface area (Å²) in [6, 6.07) is 20.0. The van der Waals surface area contributed by atoms with Crippen molar-refractivity contribution in [2.45, 2.75) is 18.9 Å². The van der Waals surface area contributed by atoms with E-state index in [1.807, 2.05) is 42.5 Å². The quantitative estimate of drug-likeness (QED) is 0.694. The highest BCUT2D eigenvalue weighted by Gasteiger charge is 2.25. The largest absolute Gasteiger partial charge is 0.497 e. The minimum atomic E-state index is 0.0454. The predicted octanol–water partition coefficient (Wildman–Crippen LogP) is 3.02. The van der Waals surface area contributed by atoms with E-state index in [2.05, 4.69) is 38.6 Å². The Kier molecular flexibility index (Phi) is 5.28. The van der Waals surface area contributed by atoms with Gasteiger partial charge in [0.25, 0.3) is 0 Å². The van der Waals surface area contributed by atoms with Gasteiger partial charge in [0, 0.05) is 25.2 Å². The molecule has 28 heavy (non-hydrogen) atoms.